The van der Waals surface area contributed by atoms with Crippen molar-refractivity contribution in [1.29, 1.82) is 0 Å². The van der Waals surface area contributed by atoms with Gasteiger partial charge in [-0.25, -0.2) is 0 Å². The number of benzene rings is 1. The Morgan fingerprint density at radius 2 is 2.00 bits per heavy atom. The fraction of sp³-hybridized carbons (Fsp3) is 0.467. The van der Waals surface area contributed by atoms with Crippen LogP contribution in [0.1, 0.15) is 19.4 Å². The van der Waals surface area contributed by atoms with Crippen LogP contribution in [0, 0.1) is 0 Å². The number of piperazine rings is 1. The zero-order valence-electron chi connectivity index (χ0n) is 11.9. The Kier molecular flexibility index (Phi) is 4.39. The highest BCUT2D eigenvalue weighted by Gasteiger charge is 2.43. The van der Waals surface area contributed by atoms with Crippen LogP contribution in [0.5, 0.6) is 0 Å². The molecule has 1 saturated heterocycles. The lowest BCUT2D eigenvalue weighted by Crippen LogP contribution is -2.63. The van der Waals surface area contributed by atoms with Gasteiger partial charge in [0.15, 0.2) is 0 Å². The van der Waals surface area contributed by atoms with Crippen molar-refractivity contribution in [3.8, 4) is 0 Å². The molecule has 20 heavy (non-hydrogen) atoms. The second kappa shape index (κ2) is 6.05. The summed E-state index contributed by atoms with van der Waals surface area (Å²) in [5, 5.41) is 2.81. The number of nitrogens with one attached hydrogen (secondary N) is 1. The summed E-state index contributed by atoms with van der Waals surface area (Å²) in [6.07, 6.45) is 0. The van der Waals surface area contributed by atoms with Crippen molar-refractivity contribution in [1.82, 2.24) is 10.2 Å². The highest BCUT2D eigenvalue weighted by Crippen LogP contribution is 2.25. The Bertz CT molecular complexity index is 489. The van der Waals surface area contributed by atoms with Crippen LogP contribution in [0.15, 0.2) is 30.3 Å². The van der Waals surface area contributed by atoms with Crippen molar-refractivity contribution in [2.24, 2.45) is 0 Å². The minimum absolute atomic E-state index is 0.0916. The van der Waals surface area contributed by atoms with Gasteiger partial charge in [-0.2, -0.15) is 0 Å². The first-order valence-corrected chi connectivity index (χ1v) is 6.81. The van der Waals surface area contributed by atoms with Crippen LogP contribution >= 0.6 is 0 Å². The van der Waals surface area contributed by atoms with Crippen molar-refractivity contribution >= 4 is 11.8 Å². The molecule has 0 radical (unpaired) electrons. The maximum atomic E-state index is 12.6. The average molecular weight is 276 g/mol. The van der Waals surface area contributed by atoms with E-state index in [1.807, 2.05) is 37.3 Å². The third-order valence-electron chi connectivity index (χ3n) is 3.50. The molecule has 0 spiro atoms. The van der Waals surface area contributed by atoms with Gasteiger partial charge in [0.05, 0.1) is 13.2 Å². The fourth-order valence-electron chi connectivity index (χ4n) is 2.40. The number of hydrogen-bond donors (Lipinski definition) is 1. The lowest BCUT2D eigenvalue weighted by molar-refractivity contribution is -0.150. The van der Waals surface area contributed by atoms with Crippen molar-refractivity contribution in [3.05, 3.63) is 35.9 Å². The van der Waals surface area contributed by atoms with E-state index in [0.717, 1.165) is 5.56 Å². The van der Waals surface area contributed by atoms with Crippen LogP contribution in [0.2, 0.25) is 0 Å². The molecule has 108 valence electrons. The normalized spacial score (nSPS) is 22.8. The van der Waals surface area contributed by atoms with Gasteiger partial charge < -0.3 is 15.0 Å². The monoisotopic (exact) mass is 276 g/mol. The largest absolute Gasteiger partial charge is 0.380 e. The van der Waals surface area contributed by atoms with Crippen LogP contribution in [0.4, 0.5) is 0 Å². The Morgan fingerprint density at radius 3 is 2.65 bits per heavy atom. The number of rotatable bonds is 5. The van der Waals surface area contributed by atoms with Gasteiger partial charge in [-0.3, -0.25) is 9.59 Å². The number of amides is 2. The van der Waals surface area contributed by atoms with E-state index in [-0.39, 0.29) is 18.4 Å². The van der Waals surface area contributed by atoms with Crippen LogP contribution in [-0.4, -0.2) is 43.0 Å². The molecule has 5 heteroatoms. The summed E-state index contributed by atoms with van der Waals surface area (Å²) < 4.78 is 5.27. The molecule has 1 unspecified atom stereocenters. The first kappa shape index (κ1) is 14.5. The first-order chi connectivity index (χ1) is 9.58. The molecule has 1 aliphatic heterocycles. The van der Waals surface area contributed by atoms with Gasteiger partial charge in [0.25, 0.3) is 5.91 Å². The molecule has 1 N–H and O–H groups in total. The summed E-state index contributed by atoms with van der Waals surface area (Å²) in [5.74, 6) is -0.240. The summed E-state index contributed by atoms with van der Waals surface area (Å²) in [6.45, 7) is 5.22. The Balaban J connectivity index is 2.20. The van der Waals surface area contributed by atoms with Gasteiger partial charge in [-0.1, -0.05) is 30.3 Å². The number of nitrogens with zero attached hydrogens (tertiary/aromatic N) is 1. The molecule has 2 rings (SSSR count). The predicted molar refractivity (Wildman–Crippen MR) is 75.0 cm³/mol. The third-order valence-corrected chi connectivity index (χ3v) is 3.50. The summed E-state index contributed by atoms with van der Waals surface area (Å²) in [6, 6.07) is 9.31. The fourth-order valence-corrected chi connectivity index (χ4v) is 2.40. The van der Waals surface area contributed by atoms with E-state index in [1.54, 1.807) is 11.8 Å². The van der Waals surface area contributed by atoms with Crippen LogP contribution in [0.3, 0.4) is 0 Å². The second-order valence-electron chi connectivity index (χ2n) is 4.96. The van der Waals surface area contributed by atoms with E-state index in [0.29, 0.717) is 19.8 Å². The van der Waals surface area contributed by atoms with Gasteiger partial charge in [0.1, 0.15) is 5.54 Å². The Hall–Kier alpha value is -1.88. The molecule has 1 aromatic carbocycles. The average Bonchev–Trinajstić information content (AvgIpc) is 2.45. The molecule has 0 saturated carbocycles. The van der Waals surface area contributed by atoms with Crippen LogP contribution in [-0.2, 0) is 19.9 Å². The van der Waals surface area contributed by atoms with Gasteiger partial charge in [0, 0.05) is 13.2 Å². The highest BCUT2D eigenvalue weighted by molar-refractivity contribution is 5.98. The Morgan fingerprint density at radius 1 is 1.30 bits per heavy atom. The molecule has 5 nitrogen and oxygen atoms in total. The zero-order valence-corrected chi connectivity index (χ0v) is 11.9. The minimum Gasteiger partial charge on any atom is -0.380 e. The summed E-state index contributed by atoms with van der Waals surface area (Å²) in [7, 11) is 0. The molecule has 1 aromatic rings. The number of carbonyl (C=O) groups is 2. The van der Waals surface area contributed by atoms with E-state index in [4.69, 9.17) is 4.74 Å². The SMILES string of the molecule is CCOCCN1CC(=O)NC(C)(c2ccccc2)C1=O. The molecule has 0 aliphatic carbocycles. The van der Waals surface area contributed by atoms with Crippen molar-refractivity contribution in [3.63, 3.8) is 0 Å². The first-order valence-electron chi connectivity index (χ1n) is 6.81. The van der Waals surface area contributed by atoms with E-state index in [1.165, 1.54) is 0 Å². The zero-order chi connectivity index (χ0) is 14.6. The van der Waals surface area contributed by atoms with Crippen LogP contribution < -0.4 is 5.32 Å². The number of ether oxygens (including phenoxy) is 1. The maximum absolute atomic E-state index is 12.6. The molecule has 0 aromatic heterocycles. The predicted octanol–water partition coefficient (Wildman–Crippen LogP) is 0.897. The highest BCUT2D eigenvalue weighted by atomic mass is 16.5. The molecule has 1 heterocycles. The standard InChI is InChI=1S/C15H20N2O3/c1-3-20-10-9-17-11-13(18)16-15(2,14(17)19)12-7-5-4-6-8-12/h4-8H,3,9-11H2,1-2H3,(H,16,18). The van der Waals surface area contributed by atoms with Gasteiger partial charge in [0.2, 0.25) is 5.91 Å². The Labute approximate surface area is 118 Å². The van der Waals surface area contributed by atoms with E-state index < -0.39 is 5.54 Å². The lowest BCUT2D eigenvalue weighted by Gasteiger charge is -2.40. The molecule has 1 aliphatic rings. The van der Waals surface area contributed by atoms with Gasteiger partial charge >= 0.3 is 0 Å². The van der Waals surface area contributed by atoms with E-state index >= 15 is 0 Å². The molecule has 0 bridgehead atoms. The van der Waals surface area contributed by atoms with E-state index in [2.05, 4.69) is 5.32 Å². The van der Waals surface area contributed by atoms with E-state index in [9.17, 15) is 9.59 Å². The quantitative estimate of drug-likeness (QED) is 0.813. The summed E-state index contributed by atoms with van der Waals surface area (Å²) >= 11 is 0. The molecule has 1 fully saturated rings. The molecule has 2 amide bonds. The third kappa shape index (κ3) is 2.82. The number of hydrogen-bond acceptors (Lipinski definition) is 3. The molecule has 1 atom stereocenters. The minimum atomic E-state index is -0.997. The molecular formula is C15H20N2O3. The summed E-state index contributed by atoms with van der Waals surface area (Å²) in [4.78, 5) is 26.1. The van der Waals surface area contributed by atoms with Crippen molar-refractivity contribution < 1.29 is 14.3 Å². The smallest absolute Gasteiger partial charge is 0.253 e. The summed E-state index contributed by atoms with van der Waals surface area (Å²) in [5.41, 5.74) is -0.206. The van der Waals surface area contributed by atoms with Crippen LogP contribution in [0.25, 0.3) is 0 Å². The number of carbonyl (C=O) groups excluding carboxylic acids is 2. The van der Waals surface area contributed by atoms with Crippen molar-refractivity contribution in [2.45, 2.75) is 19.4 Å². The second-order valence-corrected chi connectivity index (χ2v) is 4.96. The topological polar surface area (TPSA) is 58.6 Å². The van der Waals surface area contributed by atoms with Gasteiger partial charge in [-0.05, 0) is 19.4 Å². The van der Waals surface area contributed by atoms with Crippen molar-refractivity contribution in [2.75, 3.05) is 26.3 Å². The molecular weight excluding hydrogens is 256 g/mol. The lowest BCUT2D eigenvalue weighted by atomic mass is 9.88. The van der Waals surface area contributed by atoms with Gasteiger partial charge in [-0.15, -0.1) is 0 Å². The maximum Gasteiger partial charge on any atom is 0.253 e.